The van der Waals surface area contributed by atoms with Crippen molar-refractivity contribution in [1.82, 2.24) is 5.32 Å². The van der Waals surface area contributed by atoms with Crippen molar-refractivity contribution in [1.29, 1.82) is 0 Å². The minimum absolute atomic E-state index is 0.0588. The number of carbonyl (C=O) groups is 1. The number of hydrogen-bond acceptors (Lipinski definition) is 3. The van der Waals surface area contributed by atoms with Crippen LogP contribution in [-0.2, 0) is 0 Å². The van der Waals surface area contributed by atoms with Gasteiger partial charge in [-0.1, -0.05) is 6.07 Å². The van der Waals surface area contributed by atoms with Crippen LogP contribution in [0.4, 0.5) is 10.5 Å². The number of amides is 2. The molecule has 1 aliphatic rings. The second-order valence-corrected chi connectivity index (χ2v) is 4.44. The van der Waals surface area contributed by atoms with Gasteiger partial charge < -0.3 is 15.8 Å². The van der Waals surface area contributed by atoms with Gasteiger partial charge in [-0.25, -0.2) is 4.79 Å². The lowest BCUT2D eigenvalue weighted by molar-refractivity contribution is 0.236. The van der Waals surface area contributed by atoms with Gasteiger partial charge in [0.1, 0.15) is 5.75 Å². The molecular weight excluding hydrogens is 230 g/mol. The fourth-order valence-electron chi connectivity index (χ4n) is 2.16. The summed E-state index contributed by atoms with van der Waals surface area (Å²) in [6.45, 7) is 2.05. The van der Waals surface area contributed by atoms with E-state index in [0.29, 0.717) is 25.6 Å². The second-order valence-electron chi connectivity index (χ2n) is 4.44. The summed E-state index contributed by atoms with van der Waals surface area (Å²) >= 11 is 0. The van der Waals surface area contributed by atoms with Gasteiger partial charge in [-0.05, 0) is 31.0 Å². The van der Waals surface area contributed by atoms with E-state index in [9.17, 15) is 4.79 Å². The molecule has 0 aromatic heterocycles. The van der Waals surface area contributed by atoms with Gasteiger partial charge in [0, 0.05) is 24.8 Å². The Kier molecular flexibility index (Phi) is 4.04. The molecule has 5 heteroatoms. The van der Waals surface area contributed by atoms with Crippen LogP contribution in [0.1, 0.15) is 6.42 Å². The first-order valence-electron chi connectivity index (χ1n) is 6.14. The first-order valence-corrected chi connectivity index (χ1v) is 6.14. The van der Waals surface area contributed by atoms with Crippen molar-refractivity contribution in [3.8, 4) is 5.75 Å². The monoisotopic (exact) mass is 249 g/mol. The summed E-state index contributed by atoms with van der Waals surface area (Å²) < 4.78 is 5.18. The molecule has 5 nitrogen and oxygen atoms in total. The number of methoxy groups -OCH3 is 1. The summed E-state index contributed by atoms with van der Waals surface area (Å²) in [5.41, 5.74) is 6.43. The molecule has 1 aromatic carbocycles. The molecule has 0 aliphatic carbocycles. The summed E-state index contributed by atoms with van der Waals surface area (Å²) in [5, 5.41) is 2.89. The Hall–Kier alpha value is -1.75. The fraction of sp³-hybridized carbons (Fsp3) is 0.462. The van der Waals surface area contributed by atoms with Crippen molar-refractivity contribution in [3.63, 3.8) is 0 Å². The Balaban J connectivity index is 2.15. The Bertz CT molecular complexity index is 422. The van der Waals surface area contributed by atoms with Gasteiger partial charge in [0.15, 0.2) is 0 Å². The van der Waals surface area contributed by atoms with Crippen LogP contribution in [0.5, 0.6) is 5.75 Å². The third-order valence-electron chi connectivity index (χ3n) is 3.17. The van der Waals surface area contributed by atoms with Crippen LogP contribution >= 0.6 is 0 Å². The minimum Gasteiger partial charge on any atom is -0.497 e. The average Bonchev–Trinajstić information content (AvgIpc) is 2.41. The molecule has 98 valence electrons. The van der Waals surface area contributed by atoms with E-state index in [4.69, 9.17) is 10.5 Å². The van der Waals surface area contributed by atoms with E-state index in [-0.39, 0.29) is 6.03 Å². The lowest BCUT2D eigenvalue weighted by Gasteiger charge is -2.33. The first kappa shape index (κ1) is 12.7. The Morgan fingerprint density at radius 2 is 2.39 bits per heavy atom. The molecule has 1 saturated heterocycles. The molecule has 18 heavy (non-hydrogen) atoms. The van der Waals surface area contributed by atoms with E-state index in [0.717, 1.165) is 17.9 Å². The smallest absolute Gasteiger partial charge is 0.321 e. The zero-order valence-corrected chi connectivity index (χ0v) is 10.6. The molecule has 1 aliphatic heterocycles. The van der Waals surface area contributed by atoms with E-state index in [2.05, 4.69) is 5.32 Å². The summed E-state index contributed by atoms with van der Waals surface area (Å²) in [7, 11) is 1.62. The molecule has 0 bridgehead atoms. The maximum atomic E-state index is 11.9. The molecule has 3 N–H and O–H groups in total. The van der Waals surface area contributed by atoms with Crippen LogP contribution in [0, 0.1) is 5.92 Å². The SMILES string of the molecule is COc1cccc(N2CC(CCN)CNC2=O)c1. The maximum absolute atomic E-state index is 11.9. The van der Waals surface area contributed by atoms with Crippen molar-refractivity contribution in [2.24, 2.45) is 11.7 Å². The van der Waals surface area contributed by atoms with Crippen molar-refractivity contribution < 1.29 is 9.53 Å². The second kappa shape index (κ2) is 5.73. The van der Waals surface area contributed by atoms with Gasteiger partial charge >= 0.3 is 6.03 Å². The van der Waals surface area contributed by atoms with Crippen LogP contribution in [0.2, 0.25) is 0 Å². The predicted molar refractivity (Wildman–Crippen MR) is 70.9 cm³/mol. The van der Waals surface area contributed by atoms with Gasteiger partial charge in [-0.2, -0.15) is 0 Å². The predicted octanol–water partition coefficient (Wildman–Crippen LogP) is 1.19. The van der Waals surface area contributed by atoms with Gasteiger partial charge in [-0.3, -0.25) is 4.90 Å². The number of urea groups is 1. The van der Waals surface area contributed by atoms with Crippen molar-refractivity contribution >= 4 is 11.7 Å². The molecule has 0 saturated carbocycles. The number of nitrogens with zero attached hydrogens (tertiary/aromatic N) is 1. The normalized spacial score (nSPS) is 19.6. The number of nitrogens with one attached hydrogen (secondary N) is 1. The lowest BCUT2D eigenvalue weighted by Crippen LogP contribution is -2.51. The van der Waals surface area contributed by atoms with E-state index >= 15 is 0 Å². The van der Waals surface area contributed by atoms with Crippen molar-refractivity contribution in [2.45, 2.75) is 6.42 Å². The molecule has 2 rings (SSSR count). The topological polar surface area (TPSA) is 67.6 Å². The van der Waals surface area contributed by atoms with Gasteiger partial charge in [-0.15, -0.1) is 0 Å². The van der Waals surface area contributed by atoms with Crippen LogP contribution < -0.4 is 20.7 Å². The summed E-state index contributed by atoms with van der Waals surface area (Å²) in [6, 6.07) is 7.46. The molecule has 1 aromatic rings. The summed E-state index contributed by atoms with van der Waals surface area (Å²) in [4.78, 5) is 13.6. The molecular formula is C13H19N3O2. The quantitative estimate of drug-likeness (QED) is 0.842. The van der Waals surface area contributed by atoms with Crippen LogP contribution in [0.25, 0.3) is 0 Å². The van der Waals surface area contributed by atoms with Crippen molar-refractivity contribution in [3.05, 3.63) is 24.3 Å². The number of rotatable bonds is 4. The maximum Gasteiger partial charge on any atom is 0.321 e. The summed E-state index contributed by atoms with van der Waals surface area (Å²) in [5.74, 6) is 1.15. The van der Waals surface area contributed by atoms with Gasteiger partial charge in [0.25, 0.3) is 0 Å². The van der Waals surface area contributed by atoms with Gasteiger partial charge in [0.2, 0.25) is 0 Å². The highest BCUT2D eigenvalue weighted by Crippen LogP contribution is 2.24. The third-order valence-corrected chi connectivity index (χ3v) is 3.17. The fourth-order valence-corrected chi connectivity index (χ4v) is 2.16. The number of benzene rings is 1. The lowest BCUT2D eigenvalue weighted by atomic mass is 10.0. The first-order chi connectivity index (χ1) is 8.74. The number of carbonyl (C=O) groups excluding carboxylic acids is 1. The summed E-state index contributed by atoms with van der Waals surface area (Å²) in [6.07, 6.45) is 0.917. The molecule has 1 heterocycles. The van der Waals surface area contributed by atoms with E-state index in [1.807, 2.05) is 24.3 Å². The number of hydrogen-bond donors (Lipinski definition) is 2. The highest BCUT2D eigenvalue weighted by Gasteiger charge is 2.25. The highest BCUT2D eigenvalue weighted by molar-refractivity contribution is 5.92. The largest absolute Gasteiger partial charge is 0.497 e. The third kappa shape index (κ3) is 2.73. The minimum atomic E-state index is -0.0588. The molecule has 2 amide bonds. The molecule has 1 atom stereocenters. The highest BCUT2D eigenvalue weighted by atomic mass is 16.5. The van der Waals surface area contributed by atoms with Crippen LogP contribution in [0.15, 0.2) is 24.3 Å². The standard InChI is InChI=1S/C13H19N3O2/c1-18-12-4-2-3-11(7-12)16-9-10(5-6-14)8-15-13(16)17/h2-4,7,10H,5-6,8-9,14H2,1H3,(H,15,17). The average molecular weight is 249 g/mol. The van der Waals surface area contributed by atoms with Crippen LogP contribution in [0.3, 0.4) is 0 Å². The van der Waals surface area contributed by atoms with E-state index in [1.54, 1.807) is 12.0 Å². The van der Waals surface area contributed by atoms with E-state index in [1.165, 1.54) is 0 Å². The van der Waals surface area contributed by atoms with Crippen LogP contribution in [-0.4, -0.2) is 32.8 Å². The Morgan fingerprint density at radius 1 is 1.56 bits per heavy atom. The number of anilines is 1. The molecule has 0 spiro atoms. The zero-order valence-electron chi connectivity index (χ0n) is 10.6. The number of ether oxygens (including phenoxy) is 1. The zero-order chi connectivity index (χ0) is 13.0. The molecule has 0 radical (unpaired) electrons. The van der Waals surface area contributed by atoms with E-state index < -0.39 is 0 Å². The molecule has 1 fully saturated rings. The number of nitrogens with two attached hydrogens (primary N) is 1. The van der Waals surface area contributed by atoms with Gasteiger partial charge in [0.05, 0.1) is 7.11 Å². The van der Waals surface area contributed by atoms with Crippen molar-refractivity contribution in [2.75, 3.05) is 31.6 Å². The Labute approximate surface area is 107 Å². The Morgan fingerprint density at radius 3 is 3.11 bits per heavy atom. The molecule has 1 unspecified atom stereocenters.